The molecule has 3 heteroatoms. The lowest BCUT2D eigenvalue weighted by atomic mass is 9.32. The van der Waals surface area contributed by atoms with Gasteiger partial charge in [-0.1, -0.05) is 39.8 Å². The lowest BCUT2D eigenvalue weighted by molar-refractivity contribution is -0.239. The predicted molar refractivity (Wildman–Crippen MR) is 132 cm³/mol. The van der Waals surface area contributed by atoms with Gasteiger partial charge in [-0.15, -0.1) is 0 Å². The molecule has 0 aliphatic heterocycles. The molecular formula is C30H48O3. The van der Waals surface area contributed by atoms with E-state index in [0.29, 0.717) is 42.6 Å². The lowest BCUT2D eigenvalue weighted by Crippen LogP contribution is -2.67. The first-order valence-corrected chi connectivity index (χ1v) is 13.8. The van der Waals surface area contributed by atoms with Crippen LogP contribution in [0.1, 0.15) is 98.8 Å². The molecule has 5 aliphatic rings. The monoisotopic (exact) mass is 456 g/mol. The van der Waals surface area contributed by atoms with Crippen molar-refractivity contribution in [1.82, 2.24) is 0 Å². The van der Waals surface area contributed by atoms with E-state index in [0.717, 1.165) is 25.7 Å². The number of hydrogen-bond donors (Lipinski definition) is 2. The molecule has 0 aromatic heterocycles. The van der Waals surface area contributed by atoms with E-state index < -0.39 is 5.41 Å². The number of Topliss-reactive ketones (excluding diaryl/α,β-unsaturated/α-hetero) is 1. The second kappa shape index (κ2) is 7.42. The van der Waals surface area contributed by atoms with E-state index in [2.05, 4.69) is 41.2 Å². The van der Waals surface area contributed by atoms with Crippen LogP contribution in [0.15, 0.2) is 12.2 Å². The summed E-state index contributed by atoms with van der Waals surface area (Å²) in [6.07, 6.45) is 11.1. The molecule has 5 rings (SSSR count). The molecule has 0 radical (unpaired) electrons. The van der Waals surface area contributed by atoms with Crippen molar-refractivity contribution < 1.29 is 15.0 Å². The summed E-state index contributed by atoms with van der Waals surface area (Å²) < 4.78 is 0. The van der Waals surface area contributed by atoms with Crippen molar-refractivity contribution >= 4 is 5.78 Å². The minimum atomic E-state index is -0.568. The van der Waals surface area contributed by atoms with Crippen molar-refractivity contribution in [2.75, 3.05) is 13.2 Å². The fraction of sp³-hybridized carbons (Fsp3) is 0.900. The van der Waals surface area contributed by atoms with Gasteiger partial charge in [-0.3, -0.25) is 4.79 Å². The molecule has 0 saturated heterocycles. The second-order valence-electron chi connectivity index (χ2n) is 14.2. The molecule has 0 amide bonds. The van der Waals surface area contributed by atoms with Crippen molar-refractivity contribution in [1.29, 1.82) is 0 Å². The molecule has 0 aromatic carbocycles. The molecule has 5 fully saturated rings. The standard InChI is InChI=1S/C30H48O3/c1-19(2)20-9-14-30(18-32)16-15-28(5)21(25(20)30)7-8-23-26(3)12-11-24(33)27(4,17-31)22(26)10-13-29(23,28)6/h20-23,25,31-32H,1,7-18H2,2-6H3/t20-,21+,22+,23+,25+,26-,27-,28+,29+,30+/m0/s1. The predicted octanol–water partition coefficient (Wildman–Crippen LogP) is 6.18. The van der Waals surface area contributed by atoms with Crippen LogP contribution in [0.4, 0.5) is 0 Å². The quantitative estimate of drug-likeness (QED) is 0.499. The van der Waals surface area contributed by atoms with Crippen molar-refractivity contribution in [2.24, 2.45) is 56.7 Å². The van der Waals surface area contributed by atoms with Gasteiger partial charge in [-0.2, -0.15) is 0 Å². The van der Waals surface area contributed by atoms with E-state index in [1.54, 1.807) is 0 Å². The maximum atomic E-state index is 13.0. The highest BCUT2D eigenvalue weighted by atomic mass is 16.3. The average molecular weight is 457 g/mol. The summed E-state index contributed by atoms with van der Waals surface area (Å²) in [5.41, 5.74) is 1.50. The maximum absolute atomic E-state index is 13.0. The van der Waals surface area contributed by atoms with Crippen LogP contribution in [0.25, 0.3) is 0 Å². The van der Waals surface area contributed by atoms with Crippen molar-refractivity contribution in [3.63, 3.8) is 0 Å². The smallest absolute Gasteiger partial charge is 0.141 e. The Bertz CT molecular complexity index is 849. The Hall–Kier alpha value is -0.670. The Morgan fingerprint density at radius 3 is 2.24 bits per heavy atom. The van der Waals surface area contributed by atoms with Crippen molar-refractivity contribution in [2.45, 2.75) is 98.8 Å². The van der Waals surface area contributed by atoms with Crippen LogP contribution < -0.4 is 0 Å². The summed E-state index contributed by atoms with van der Waals surface area (Å²) in [5, 5.41) is 21.0. The van der Waals surface area contributed by atoms with Gasteiger partial charge in [0, 0.05) is 13.0 Å². The number of fused-ring (bicyclic) bond motifs is 7. The zero-order chi connectivity index (χ0) is 24.0. The van der Waals surface area contributed by atoms with Gasteiger partial charge in [-0.05, 0) is 116 Å². The topological polar surface area (TPSA) is 57.5 Å². The van der Waals surface area contributed by atoms with Gasteiger partial charge >= 0.3 is 0 Å². The van der Waals surface area contributed by atoms with E-state index in [1.165, 1.54) is 37.7 Å². The molecule has 3 nitrogen and oxygen atoms in total. The number of allylic oxidation sites excluding steroid dienone is 1. The zero-order valence-corrected chi connectivity index (χ0v) is 21.9. The van der Waals surface area contributed by atoms with Crippen LogP contribution in [-0.2, 0) is 4.79 Å². The Morgan fingerprint density at radius 1 is 0.879 bits per heavy atom. The summed E-state index contributed by atoms with van der Waals surface area (Å²) in [6, 6.07) is 0. The first-order chi connectivity index (χ1) is 15.4. The second-order valence-corrected chi connectivity index (χ2v) is 14.2. The highest BCUT2D eigenvalue weighted by Crippen LogP contribution is 2.77. The minimum Gasteiger partial charge on any atom is -0.396 e. The van der Waals surface area contributed by atoms with Gasteiger partial charge in [0.05, 0.1) is 12.0 Å². The van der Waals surface area contributed by atoms with E-state index in [-0.39, 0.29) is 34.1 Å². The van der Waals surface area contributed by atoms with Crippen LogP contribution in [-0.4, -0.2) is 29.2 Å². The Balaban J connectivity index is 1.55. The van der Waals surface area contributed by atoms with Crippen LogP contribution in [0.2, 0.25) is 0 Å². The zero-order valence-electron chi connectivity index (χ0n) is 21.9. The molecular weight excluding hydrogens is 408 g/mol. The molecule has 186 valence electrons. The third kappa shape index (κ3) is 2.79. The molecule has 5 aliphatic carbocycles. The number of carbonyl (C=O) groups excluding carboxylic acids is 1. The largest absolute Gasteiger partial charge is 0.396 e. The SMILES string of the molecule is C=C(C)[C@@H]1CC[C@]2(CO)CC[C@]3(C)[C@H](CC[C@@H]4[C@@]5(C)CCC(=O)[C@@](C)(CO)[C@@H]5CC[C@]43C)[C@@H]12. The van der Waals surface area contributed by atoms with Gasteiger partial charge in [0.15, 0.2) is 0 Å². The number of ketones is 1. The first-order valence-electron chi connectivity index (χ1n) is 13.8. The molecule has 0 aromatic rings. The lowest BCUT2D eigenvalue weighted by Gasteiger charge is -2.72. The van der Waals surface area contributed by atoms with Gasteiger partial charge in [-0.25, -0.2) is 0 Å². The molecule has 5 saturated carbocycles. The maximum Gasteiger partial charge on any atom is 0.141 e. The average Bonchev–Trinajstić information content (AvgIpc) is 3.17. The Labute approximate surface area is 201 Å². The Kier molecular flexibility index (Phi) is 5.40. The number of aliphatic hydroxyl groups is 2. The van der Waals surface area contributed by atoms with Gasteiger partial charge in [0.1, 0.15) is 5.78 Å². The molecule has 0 heterocycles. The Morgan fingerprint density at radius 2 is 1.61 bits per heavy atom. The summed E-state index contributed by atoms with van der Waals surface area (Å²) >= 11 is 0. The molecule has 0 bridgehead atoms. The third-order valence-electron chi connectivity index (χ3n) is 13.4. The number of hydrogen-bond acceptors (Lipinski definition) is 3. The molecule has 0 unspecified atom stereocenters. The third-order valence-corrected chi connectivity index (χ3v) is 13.4. The van der Waals surface area contributed by atoms with Crippen LogP contribution >= 0.6 is 0 Å². The van der Waals surface area contributed by atoms with Crippen LogP contribution in [0.3, 0.4) is 0 Å². The molecule has 10 atom stereocenters. The minimum absolute atomic E-state index is 0.00317. The molecule has 2 N–H and O–H groups in total. The molecule has 0 spiro atoms. The van der Waals surface area contributed by atoms with E-state index in [4.69, 9.17) is 0 Å². The highest BCUT2D eigenvalue weighted by molar-refractivity contribution is 5.86. The number of carbonyl (C=O) groups is 1. The van der Waals surface area contributed by atoms with Gasteiger partial charge in [0.25, 0.3) is 0 Å². The van der Waals surface area contributed by atoms with Gasteiger partial charge < -0.3 is 10.2 Å². The van der Waals surface area contributed by atoms with Crippen LogP contribution in [0.5, 0.6) is 0 Å². The number of aliphatic hydroxyl groups excluding tert-OH is 2. The normalized spacial score (nSPS) is 55.8. The van der Waals surface area contributed by atoms with E-state index >= 15 is 0 Å². The van der Waals surface area contributed by atoms with E-state index in [9.17, 15) is 15.0 Å². The number of rotatable bonds is 3. The van der Waals surface area contributed by atoms with Crippen molar-refractivity contribution in [3.8, 4) is 0 Å². The fourth-order valence-electron chi connectivity index (χ4n) is 11.4. The fourth-order valence-corrected chi connectivity index (χ4v) is 11.4. The van der Waals surface area contributed by atoms with Crippen molar-refractivity contribution in [3.05, 3.63) is 12.2 Å². The summed E-state index contributed by atoms with van der Waals surface area (Å²) in [6.45, 7) is 16.7. The first kappa shape index (κ1) is 24.0. The highest BCUT2D eigenvalue weighted by Gasteiger charge is 2.71. The summed E-state index contributed by atoms with van der Waals surface area (Å²) in [4.78, 5) is 13.0. The summed E-state index contributed by atoms with van der Waals surface area (Å²) in [5.74, 6) is 2.96. The van der Waals surface area contributed by atoms with Crippen LogP contribution in [0, 0.1) is 56.7 Å². The van der Waals surface area contributed by atoms with Gasteiger partial charge in [0.2, 0.25) is 0 Å². The van der Waals surface area contributed by atoms with E-state index in [1.807, 2.05) is 0 Å². The molecule has 33 heavy (non-hydrogen) atoms. The summed E-state index contributed by atoms with van der Waals surface area (Å²) in [7, 11) is 0.